The van der Waals surface area contributed by atoms with E-state index in [1.807, 2.05) is 6.92 Å². The lowest BCUT2D eigenvalue weighted by atomic mass is 10.2. The zero-order chi connectivity index (χ0) is 19.3. The van der Waals surface area contributed by atoms with Crippen LogP contribution < -0.4 is 5.32 Å². The smallest absolute Gasteiger partial charge is 0.274 e. The number of carbonyl (C=O) groups is 1. The number of nitrogens with zero attached hydrogens (tertiary/aromatic N) is 4. The van der Waals surface area contributed by atoms with Crippen LogP contribution in [-0.4, -0.2) is 97.6 Å². The molecule has 2 aliphatic rings. The van der Waals surface area contributed by atoms with E-state index >= 15 is 0 Å². The fourth-order valence-electron chi connectivity index (χ4n) is 3.43. The highest BCUT2D eigenvalue weighted by atomic mass is 32.2. The van der Waals surface area contributed by atoms with Gasteiger partial charge in [0.15, 0.2) is 9.84 Å². The van der Waals surface area contributed by atoms with Crippen LogP contribution in [0.4, 0.5) is 5.82 Å². The van der Waals surface area contributed by atoms with Crippen molar-refractivity contribution >= 4 is 21.6 Å². The van der Waals surface area contributed by atoms with Crippen LogP contribution in [0.5, 0.6) is 0 Å². The molecule has 10 heteroatoms. The van der Waals surface area contributed by atoms with E-state index in [1.54, 1.807) is 11.1 Å². The Morgan fingerprint density at radius 3 is 2.70 bits per heavy atom. The number of amides is 1. The van der Waals surface area contributed by atoms with Gasteiger partial charge in [0.05, 0.1) is 37.1 Å². The quantitative estimate of drug-likeness (QED) is 0.678. The molecule has 1 amide bonds. The highest BCUT2D eigenvalue weighted by molar-refractivity contribution is 7.91. The molecule has 2 fully saturated rings. The molecule has 0 aromatic carbocycles. The van der Waals surface area contributed by atoms with Crippen molar-refractivity contribution in [1.29, 1.82) is 0 Å². The minimum atomic E-state index is -3.04. The molecule has 1 N–H and O–H groups in total. The fourth-order valence-corrected chi connectivity index (χ4v) is 5.16. The van der Waals surface area contributed by atoms with Crippen molar-refractivity contribution < 1.29 is 17.9 Å². The van der Waals surface area contributed by atoms with Crippen LogP contribution in [0.15, 0.2) is 12.4 Å². The van der Waals surface area contributed by atoms with Crippen LogP contribution in [0, 0.1) is 0 Å². The van der Waals surface area contributed by atoms with Gasteiger partial charge in [-0.05, 0) is 13.3 Å². The monoisotopic (exact) mass is 397 g/mol. The lowest BCUT2D eigenvalue weighted by Crippen LogP contribution is -2.41. The Morgan fingerprint density at radius 2 is 2.11 bits per heavy atom. The average molecular weight is 398 g/mol. The number of sulfone groups is 1. The van der Waals surface area contributed by atoms with Crippen LogP contribution in [0.25, 0.3) is 0 Å². The van der Waals surface area contributed by atoms with Gasteiger partial charge in [-0.15, -0.1) is 0 Å². The van der Waals surface area contributed by atoms with E-state index < -0.39 is 9.84 Å². The third-order valence-electron chi connectivity index (χ3n) is 4.96. The molecule has 0 saturated carbocycles. The third kappa shape index (κ3) is 5.36. The number of nitrogens with one attached hydrogen (secondary N) is 1. The van der Waals surface area contributed by atoms with Crippen molar-refractivity contribution in [2.24, 2.45) is 0 Å². The molecule has 2 aliphatic heterocycles. The van der Waals surface area contributed by atoms with E-state index in [9.17, 15) is 13.2 Å². The molecule has 27 heavy (non-hydrogen) atoms. The Labute approximate surface area is 160 Å². The van der Waals surface area contributed by atoms with Gasteiger partial charge in [-0.25, -0.2) is 18.4 Å². The van der Waals surface area contributed by atoms with Crippen molar-refractivity contribution in [3.63, 3.8) is 0 Å². The summed E-state index contributed by atoms with van der Waals surface area (Å²) in [4.78, 5) is 25.1. The van der Waals surface area contributed by atoms with E-state index in [-0.39, 0.29) is 29.1 Å². The average Bonchev–Trinajstić information content (AvgIpc) is 3.03. The molecule has 0 aliphatic carbocycles. The summed E-state index contributed by atoms with van der Waals surface area (Å²) in [6, 6.07) is -0.277. The number of carbonyl (C=O) groups excluding carboxylic acids is 1. The van der Waals surface area contributed by atoms with Crippen LogP contribution in [0.3, 0.4) is 0 Å². The number of aromatic nitrogens is 2. The first-order valence-electron chi connectivity index (χ1n) is 9.36. The first-order chi connectivity index (χ1) is 13.0. The minimum absolute atomic E-state index is 0.0290. The standard InChI is InChI=1S/C17H27N5O4S/c1-2-22(14-3-10-27(24,25)13-14)17(23)15-11-20-16(12-19-15)18-4-5-21-6-8-26-9-7-21/h11-12,14H,2-10,13H2,1H3,(H,18,20). The molecule has 3 heterocycles. The van der Waals surface area contributed by atoms with Crippen LogP contribution >= 0.6 is 0 Å². The normalized spacial score (nSPS) is 22.5. The lowest BCUT2D eigenvalue weighted by molar-refractivity contribution is 0.0398. The summed E-state index contributed by atoms with van der Waals surface area (Å²) >= 11 is 0. The largest absolute Gasteiger partial charge is 0.379 e. The Kier molecular flexibility index (Phi) is 6.61. The molecule has 1 aromatic rings. The molecular weight excluding hydrogens is 370 g/mol. The molecular formula is C17H27N5O4S. The highest BCUT2D eigenvalue weighted by Crippen LogP contribution is 2.19. The zero-order valence-corrected chi connectivity index (χ0v) is 16.4. The van der Waals surface area contributed by atoms with Crippen LogP contribution in [0.2, 0.25) is 0 Å². The second kappa shape index (κ2) is 8.94. The zero-order valence-electron chi connectivity index (χ0n) is 15.6. The number of anilines is 1. The Morgan fingerprint density at radius 1 is 1.33 bits per heavy atom. The topological polar surface area (TPSA) is 105 Å². The first-order valence-corrected chi connectivity index (χ1v) is 11.2. The Balaban J connectivity index is 1.53. The van der Waals surface area contributed by atoms with Crippen molar-refractivity contribution in [1.82, 2.24) is 19.8 Å². The minimum Gasteiger partial charge on any atom is -0.379 e. The molecule has 1 atom stereocenters. The predicted molar refractivity (Wildman–Crippen MR) is 102 cm³/mol. The second-order valence-corrected chi connectivity index (χ2v) is 9.04. The molecule has 1 aromatic heterocycles. The maximum atomic E-state index is 12.7. The summed E-state index contributed by atoms with van der Waals surface area (Å²) in [5, 5.41) is 3.21. The van der Waals surface area contributed by atoms with E-state index in [1.165, 1.54) is 6.20 Å². The Hall–Kier alpha value is -1.78. The molecule has 0 bridgehead atoms. The molecule has 150 valence electrons. The molecule has 0 radical (unpaired) electrons. The fraction of sp³-hybridized carbons (Fsp3) is 0.706. The van der Waals surface area contributed by atoms with Gasteiger partial charge in [0.1, 0.15) is 11.5 Å². The maximum Gasteiger partial charge on any atom is 0.274 e. The first kappa shape index (κ1) is 20.0. The lowest BCUT2D eigenvalue weighted by Gasteiger charge is -2.26. The van der Waals surface area contributed by atoms with Gasteiger partial charge in [-0.1, -0.05) is 0 Å². The van der Waals surface area contributed by atoms with Gasteiger partial charge >= 0.3 is 0 Å². The van der Waals surface area contributed by atoms with E-state index in [0.29, 0.717) is 18.8 Å². The SMILES string of the molecule is CCN(C(=O)c1cnc(NCCN2CCOCC2)cn1)C1CCS(=O)(=O)C1. The maximum absolute atomic E-state index is 12.7. The summed E-state index contributed by atoms with van der Waals surface area (Å²) in [5.41, 5.74) is 0.236. The van der Waals surface area contributed by atoms with Crippen LogP contribution in [-0.2, 0) is 14.6 Å². The second-order valence-electron chi connectivity index (χ2n) is 6.82. The molecule has 2 saturated heterocycles. The Bertz CT molecular complexity index is 734. The van der Waals surface area contributed by atoms with Crippen LogP contribution in [0.1, 0.15) is 23.8 Å². The summed E-state index contributed by atoms with van der Waals surface area (Å²) in [5.74, 6) is 0.513. The molecule has 3 rings (SSSR count). The number of rotatable bonds is 7. The third-order valence-corrected chi connectivity index (χ3v) is 6.71. The summed E-state index contributed by atoms with van der Waals surface area (Å²) in [7, 11) is -3.04. The van der Waals surface area contributed by atoms with E-state index in [0.717, 1.165) is 39.4 Å². The van der Waals surface area contributed by atoms with Crippen molar-refractivity contribution in [2.45, 2.75) is 19.4 Å². The van der Waals surface area contributed by atoms with Gasteiger partial charge in [0.25, 0.3) is 5.91 Å². The van der Waals surface area contributed by atoms with E-state index in [2.05, 4.69) is 20.2 Å². The molecule has 1 unspecified atom stereocenters. The molecule has 9 nitrogen and oxygen atoms in total. The van der Waals surface area contributed by atoms with Crippen molar-refractivity contribution in [3.8, 4) is 0 Å². The van der Waals surface area contributed by atoms with Gasteiger partial charge < -0.3 is 15.0 Å². The number of ether oxygens (including phenoxy) is 1. The summed E-state index contributed by atoms with van der Waals surface area (Å²) < 4.78 is 28.7. The predicted octanol–water partition coefficient (Wildman–Crippen LogP) is -0.130. The van der Waals surface area contributed by atoms with Crippen molar-refractivity contribution in [3.05, 3.63) is 18.1 Å². The number of hydrogen-bond donors (Lipinski definition) is 1. The van der Waals surface area contributed by atoms with Gasteiger partial charge in [-0.3, -0.25) is 9.69 Å². The molecule has 0 spiro atoms. The van der Waals surface area contributed by atoms with Gasteiger partial charge in [0.2, 0.25) is 0 Å². The summed E-state index contributed by atoms with van der Waals surface area (Å²) in [6.07, 6.45) is 3.48. The number of morpholine rings is 1. The number of hydrogen-bond acceptors (Lipinski definition) is 8. The van der Waals surface area contributed by atoms with Crippen molar-refractivity contribution in [2.75, 3.05) is 62.8 Å². The van der Waals surface area contributed by atoms with E-state index in [4.69, 9.17) is 4.74 Å². The summed E-state index contributed by atoms with van der Waals surface area (Å²) in [6.45, 7) is 7.33. The van der Waals surface area contributed by atoms with Gasteiger partial charge in [0, 0.05) is 38.8 Å². The highest BCUT2D eigenvalue weighted by Gasteiger charge is 2.34. The van der Waals surface area contributed by atoms with Gasteiger partial charge in [-0.2, -0.15) is 0 Å².